The van der Waals surface area contributed by atoms with Gasteiger partial charge >= 0.3 is 0 Å². The molecule has 106 valence electrons. The molecule has 0 aliphatic carbocycles. The summed E-state index contributed by atoms with van der Waals surface area (Å²) in [5.74, 6) is 0.475. The molecule has 0 fully saturated rings. The van der Waals surface area contributed by atoms with Gasteiger partial charge < -0.3 is 5.73 Å². The first kappa shape index (κ1) is 14.2. The summed E-state index contributed by atoms with van der Waals surface area (Å²) >= 11 is 9.66. The average molecular weight is 363 g/mol. The van der Waals surface area contributed by atoms with Crippen molar-refractivity contribution in [1.82, 2.24) is 10.2 Å². The van der Waals surface area contributed by atoms with Gasteiger partial charge in [0.05, 0.1) is 11.3 Å². The van der Waals surface area contributed by atoms with Crippen LogP contribution < -0.4 is 5.73 Å². The minimum atomic E-state index is 0.475. The summed E-state index contributed by atoms with van der Waals surface area (Å²) in [5.41, 5.74) is 10.9. The lowest BCUT2D eigenvalue weighted by Crippen LogP contribution is -1.90. The molecule has 0 unspecified atom stereocenters. The predicted molar refractivity (Wildman–Crippen MR) is 91.3 cm³/mol. The molecule has 3 rings (SSSR count). The van der Waals surface area contributed by atoms with E-state index in [1.807, 2.05) is 30.3 Å². The van der Waals surface area contributed by atoms with Crippen LogP contribution in [-0.2, 0) is 0 Å². The summed E-state index contributed by atoms with van der Waals surface area (Å²) in [5, 5.41) is 7.83. The van der Waals surface area contributed by atoms with Crippen LogP contribution in [0.5, 0.6) is 0 Å². The van der Waals surface area contributed by atoms with Gasteiger partial charge in [-0.2, -0.15) is 5.10 Å². The minimum absolute atomic E-state index is 0.475. The molecule has 0 amide bonds. The molecule has 2 aromatic carbocycles. The summed E-state index contributed by atoms with van der Waals surface area (Å²) in [4.78, 5) is 0. The number of nitrogens with zero attached hydrogens (tertiary/aromatic N) is 1. The first-order chi connectivity index (χ1) is 10.1. The Bertz CT molecular complexity index is 811. The third-order valence-electron chi connectivity index (χ3n) is 3.30. The smallest absolute Gasteiger partial charge is 0.153 e. The zero-order valence-corrected chi connectivity index (χ0v) is 13.7. The van der Waals surface area contributed by atoms with E-state index in [1.165, 1.54) is 5.56 Å². The number of aromatic nitrogens is 2. The van der Waals surface area contributed by atoms with E-state index >= 15 is 0 Å². The van der Waals surface area contributed by atoms with Crippen LogP contribution in [0, 0.1) is 6.92 Å². The molecule has 0 atom stereocenters. The Hall–Kier alpha value is -1.78. The van der Waals surface area contributed by atoms with E-state index in [0.717, 1.165) is 26.9 Å². The fourth-order valence-corrected chi connectivity index (χ4v) is 2.95. The quantitative estimate of drug-likeness (QED) is 0.670. The number of hydrogen-bond acceptors (Lipinski definition) is 2. The van der Waals surface area contributed by atoms with Crippen molar-refractivity contribution in [2.24, 2.45) is 0 Å². The van der Waals surface area contributed by atoms with E-state index in [4.69, 9.17) is 17.3 Å². The Morgan fingerprint density at radius 3 is 2.76 bits per heavy atom. The molecule has 0 saturated carbocycles. The van der Waals surface area contributed by atoms with Crippen LogP contribution in [0.2, 0.25) is 5.02 Å². The van der Waals surface area contributed by atoms with Crippen LogP contribution >= 0.6 is 27.5 Å². The molecule has 1 aromatic heterocycles. The van der Waals surface area contributed by atoms with Gasteiger partial charge in [-0.1, -0.05) is 57.4 Å². The van der Waals surface area contributed by atoms with Crippen molar-refractivity contribution < 1.29 is 0 Å². The van der Waals surface area contributed by atoms with Gasteiger partial charge in [0.2, 0.25) is 0 Å². The second kappa shape index (κ2) is 5.54. The summed E-state index contributed by atoms with van der Waals surface area (Å²) in [7, 11) is 0. The van der Waals surface area contributed by atoms with E-state index in [0.29, 0.717) is 10.8 Å². The Labute approximate surface area is 136 Å². The number of benzene rings is 2. The molecule has 0 saturated heterocycles. The maximum atomic E-state index is 6.11. The highest BCUT2D eigenvalue weighted by Gasteiger charge is 2.17. The van der Waals surface area contributed by atoms with E-state index in [-0.39, 0.29) is 0 Å². The number of nitrogen functional groups attached to an aromatic ring is 1. The van der Waals surface area contributed by atoms with Crippen molar-refractivity contribution in [2.75, 3.05) is 5.73 Å². The summed E-state index contributed by atoms with van der Waals surface area (Å²) in [6.45, 7) is 2.05. The number of H-pyrrole nitrogens is 1. The van der Waals surface area contributed by atoms with Crippen molar-refractivity contribution in [2.45, 2.75) is 6.92 Å². The van der Waals surface area contributed by atoms with Gasteiger partial charge in [0, 0.05) is 15.1 Å². The highest BCUT2D eigenvalue weighted by atomic mass is 79.9. The molecule has 5 heteroatoms. The van der Waals surface area contributed by atoms with E-state index < -0.39 is 0 Å². The summed E-state index contributed by atoms with van der Waals surface area (Å²) in [6, 6.07) is 13.8. The van der Waals surface area contributed by atoms with Crippen molar-refractivity contribution in [3.05, 3.63) is 57.5 Å². The molecule has 0 aliphatic rings. The fraction of sp³-hybridized carbons (Fsp3) is 0.0625. The molecule has 0 aliphatic heterocycles. The van der Waals surface area contributed by atoms with Gasteiger partial charge in [0.25, 0.3) is 0 Å². The first-order valence-corrected chi connectivity index (χ1v) is 7.59. The number of aromatic amines is 1. The number of nitrogens with one attached hydrogen (secondary N) is 1. The highest BCUT2D eigenvalue weighted by Crippen LogP contribution is 2.39. The van der Waals surface area contributed by atoms with Gasteiger partial charge in [0.15, 0.2) is 5.82 Å². The van der Waals surface area contributed by atoms with Crippen LogP contribution in [0.25, 0.3) is 22.4 Å². The van der Waals surface area contributed by atoms with Crippen LogP contribution in [0.15, 0.2) is 46.9 Å². The molecule has 21 heavy (non-hydrogen) atoms. The van der Waals surface area contributed by atoms with Crippen LogP contribution in [0.1, 0.15) is 5.56 Å². The minimum Gasteiger partial charge on any atom is -0.382 e. The van der Waals surface area contributed by atoms with Crippen molar-refractivity contribution >= 4 is 33.3 Å². The molecule has 0 bridgehead atoms. The lowest BCUT2D eigenvalue weighted by Gasteiger charge is -2.08. The lowest BCUT2D eigenvalue weighted by atomic mass is 9.99. The SMILES string of the molecule is Cc1cccc(-c2c(N)n[nH]c2-c2cc(Cl)ccc2Br)c1. The first-order valence-electron chi connectivity index (χ1n) is 6.42. The second-order valence-electron chi connectivity index (χ2n) is 4.85. The van der Waals surface area contributed by atoms with Crippen LogP contribution in [0.3, 0.4) is 0 Å². The monoisotopic (exact) mass is 361 g/mol. The van der Waals surface area contributed by atoms with Crippen LogP contribution in [-0.4, -0.2) is 10.2 Å². The number of hydrogen-bond donors (Lipinski definition) is 2. The third-order valence-corrected chi connectivity index (χ3v) is 4.23. The topological polar surface area (TPSA) is 54.7 Å². The molecule has 0 radical (unpaired) electrons. The van der Waals surface area contributed by atoms with Crippen molar-refractivity contribution in [1.29, 1.82) is 0 Å². The van der Waals surface area contributed by atoms with Gasteiger partial charge in [-0.3, -0.25) is 5.10 Å². The number of anilines is 1. The molecule has 0 spiro atoms. The zero-order chi connectivity index (χ0) is 15.0. The Morgan fingerprint density at radius 2 is 2.00 bits per heavy atom. The summed E-state index contributed by atoms with van der Waals surface area (Å²) < 4.78 is 0.935. The van der Waals surface area contributed by atoms with Crippen LogP contribution in [0.4, 0.5) is 5.82 Å². The standard InChI is InChI=1S/C16H13BrClN3/c1-9-3-2-4-10(7-9)14-15(20-21-16(14)19)12-8-11(18)5-6-13(12)17/h2-8H,1H3,(H3,19,20,21). The largest absolute Gasteiger partial charge is 0.382 e. The molecule has 3 aromatic rings. The normalized spacial score (nSPS) is 10.8. The predicted octanol–water partition coefficient (Wildman–Crippen LogP) is 5.05. The average Bonchev–Trinajstić information content (AvgIpc) is 2.83. The molecular formula is C16H13BrClN3. The lowest BCUT2D eigenvalue weighted by molar-refractivity contribution is 1.10. The second-order valence-corrected chi connectivity index (χ2v) is 6.14. The molecule has 1 heterocycles. The maximum absolute atomic E-state index is 6.11. The fourth-order valence-electron chi connectivity index (χ4n) is 2.33. The zero-order valence-electron chi connectivity index (χ0n) is 11.3. The number of rotatable bonds is 2. The van der Waals surface area contributed by atoms with Crippen molar-refractivity contribution in [3.8, 4) is 22.4 Å². The molecule has 3 nitrogen and oxygen atoms in total. The van der Waals surface area contributed by atoms with Gasteiger partial charge in [-0.05, 0) is 30.7 Å². The third kappa shape index (κ3) is 2.69. The van der Waals surface area contributed by atoms with E-state index in [9.17, 15) is 0 Å². The number of nitrogens with two attached hydrogens (primary N) is 1. The number of aryl methyl sites for hydroxylation is 1. The van der Waals surface area contributed by atoms with Gasteiger partial charge in [-0.25, -0.2) is 0 Å². The molecular weight excluding hydrogens is 350 g/mol. The Balaban J connectivity index is 2.24. The van der Waals surface area contributed by atoms with E-state index in [2.05, 4.69) is 45.2 Å². The Kier molecular flexibility index (Phi) is 3.74. The summed E-state index contributed by atoms with van der Waals surface area (Å²) in [6.07, 6.45) is 0. The Morgan fingerprint density at radius 1 is 1.19 bits per heavy atom. The van der Waals surface area contributed by atoms with E-state index in [1.54, 1.807) is 0 Å². The van der Waals surface area contributed by atoms with Gasteiger partial charge in [0.1, 0.15) is 0 Å². The number of halogens is 2. The van der Waals surface area contributed by atoms with Crippen molar-refractivity contribution in [3.63, 3.8) is 0 Å². The maximum Gasteiger partial charge on any atom is 0.153 e. The van der Waals surface area contributed by atoms with Gasteiger partial charge in [-0.15, -0.1) is 0 Å². The molecule has 3 N–H and O–H groups in total. The highest BCUT2D eigenvalue weighted by molar-refractivity contribution is 9.10.